The summed E-state index contributed by atoms with van der Waals surface area (Å²) >= 11 is 0. The Hall–Kier alpha value is -0.690. The lowest BCUT2D eigenvalue weighted by molar-refractivity contribution is -0.132. The van der Waals surface area contributed by atoms with E-state index < -0.39 is 36.9 Å². The lowest BCUT2D eigenvalue weighted by atomic mass is 10.0. The Bertz CT molecular complexity index is 353. The van der Waals surface area contributed by atoms with Gasteiger partial charge in [0.05, 0.1) is 18.8 Å². The Morgan fingerprint density at radius 1 is 0.778 bits per heavy atom. The second kappa shape index (κ2) is 17.4. The van der Waals surface area contributed by atoms with Crippen LogP contribution < -0.4 is 5.32 Å². The molecule has 0 rings (SSSR count). The standard InChI is InChI=1S/C21H43NO5/c1-3-5-7-8-9-10-11-12-13-15-19(25)21(27)22-17(16-23)20(26)18(24)14-6-4-2/h17-20,23-26H,3-16H2,1-2H3,(H,22,27). The fourth-order valence-electron chi connectivity index (χ4n) is 3.15. The highest BCUT2D eigenvalue weighted by molar-refractivity contribution is 5.80. The Morgan fingerprint density at radius 2 is 1.30 bits per heavy atom. The molecule has 0 aromatic carbocycles. The van der Waals surface area contributed by atoms with Crippen LogP contribution in [0, 0.1) is 0 Å². The Morgan fingerprint density at radius 3 is 1.81 bits per heavy atom. The van der Waals surface area contributed by atoms with E-state index in [1.54, 1.807) is 0 Å². The molecule has 1 amide bonds. The van der Waals surface area contributed by atoms with Gasteiger partial charge in [-0.05, 0) is 12.8 Å². The van der Waals surface area contributed by atoms with Gasteiger partial charge in [-0.3, -0.25) is 4.79 Å². The highest BCUT2D eigenvalue weighted by Crippen LogP contribution is 2.12. The minimum atomic E-state index is -1.24. The summed E-state index contributed by atoms with van der Waals surface area (Å²) in [5.41, 5.74) is 0. The minimum absolute atomic E-state index is 0.369. The number of hydrogen-bond donors (Lipinski definition) is 5. The predicted octanol–water partition coefficient (Wildman–Crippen LogP) is 2.66. The first-order valence-corrected chi connectivity index (χ1v) is 10.9. The van der Waals surface area contributed by atoms with E-state index >= 15 is 0 Å². The number of aliphatic hydroxyl groups excluding tert-OH is 4. The van der Waals surface area contributed by atoms with E-state index in [0.717, 1.165) is 32.1 Å². The van der Waals surface area contributed by atoms with E-state index in [0.29, 0.717) is 12.8 Å². The van der Waals surface area contributed by atoms with Crippen molar-refractivity contribution in [2.45, 2.75) is 122 Å². The molecule has 6 heteroatoms. The largest absolute Gasteiger partial charge is 0.394 e. The van der Waals surface area contributed by atoms with Crippen molar-refractivity contribution >= 4 is 5.91 Å². The zero-order chi connectivity index (χ0) is 20.5. The molecule has 0 aliphatic heterocycles. The van der Waals surface area contributed by atoms with Crippen LogP contribution in [-0.4, -0.2) is 57.3 Å². The molecule has 6 nitrogen and oxygen atoms in total. The van der Waals surface area contributed by atoms with Crippen LogP contribution in [0.2, 0.25) is 0 Å². The lowest BCUT2D eigenvalue weighted by Gasteiger charge is -2.27. The average molecular weight is 390 g/mol. The summed E-state index contributed by atoms with van der Waals surface area (Å²) in [6, 6.07) is -0.970. The van der Waals surface area contributed by atoms with E-state index in [9.17, 15) is 25.2 Å². The summed E-state index contributed by atoms with van der Waals surface area (Å²) in [6.07, 6.45) is 9.49. The van der Waals surface area contributed by atoms with Gasteiger partial charge in [0.2, 0.25) is 5.91 Å². The molecule has 0 saturated carbocycles. The molecule has 0 saturated heterocycles. The highest BCUT2D eigenvalue weighted by Gasteiger charge is 2.28. The van der Waals surface area contributed by atoms with Crippen LogP contribution in [0.15, 0.2) is 0 Å². The number of hydrogen-bond acceptors (Lipinski definition) is 5. The number of aliphatic hydroxyl groups is 4. The molecule has 162 valence electrons. The highest BCUT2D eigenvalue weighted by atomic mass is 16.3. The number of unbranched alkanes of at least 4 members (excludes halogenated alkanes) is 9. The zero-order valence-corrected chi connectivity index (χ0v) is 17.4. The molecule has 0 heterocycles. The molecule has 5 N–H and O–H groups in total. The maximum Gasteiger partial charge on any atom is 0.249 e. The van der Waals surface area contributed by atoms with E-state index in [1.165, 1.54) is 38.5 Å². The van der Waals surface area contributed by atoms with Gasteiger partial charge in [-0.1, -0.05) is 84.5 Å². The molecule has 0 aromatic heterocycles. The molecule has 0 radical (unpaired) electrons. The number of nitrogens with one attached hydrogen (secondary N) is 1. The molecule has 4 atom stereocenters. The average Bonchev–Trinajstić information content (AvgIpc) is 2.67. The summed E-state index contributed by atoms with van der Waals surface area (Å²) in [5, 5.41) is 41.8. The van der Waals surface area contributed by atoms with Crippen molar-refractivity contribution in [2.75, 3.05) is 6.61 Å². The van der Waals surface area contributed by atoms with Crippen molar-refractivity contribution in [2.24, 2.45) is 0 Å². The van der Waals surface area contributed by atoms with Gasteiger partial charge in [-0.2, -0.15) is 0 Å². The van der Waals surface area contributed by atoms with Gasteiger partial charge in [0.25, 0.3) is 0 Å². The van der Waals surface area contributed by atoms with Crippen LogP contribution in [0.3, 0.4) is 0 Å². The van der Waals surface area contributed by atoms with Crippen LogP contribution in [0.4, 0.5) is 0 Å². The third-order valence-electron chi connectivity index (χ3n) is 5.07. The summed E-state index contributed by atoms with van der Waals surface area (Å²) in [6.45, 7) is 3.70. The Labute approximate surface area is 165 Å². The van der Waals surface area contributed by atoms with E-state index in [1.807, 2.05) is 6.92 Å². The predicted molar refractivity (Wildman–Crippen MR) is 108 cm³/mol. The Balaban J connectivity index is 3.97. The Kier molecular flexibility index (Phi) is 17.0. The smallest absolute Gasteiger partial charge is 0.249 e. The molecule has 27 heavy (non-hydrogen) atoms. The minimum Gasteiger partial charge on any atom is -0.394 e. The number of carbonyl (C=O) groups is 1. The van der Waals surface area contributed by atoms with Crippen molar-refractivity contribution in [1.82, 2.24) is 5.32 Å². The zero-order valence-electron chi connectivity index (χ0n) is 17.4. The van der Waals surface area contributed by atoms with Crippen molar-refractivity contribution in [3.8, 4) is 0 Å². The van der Waals surface area contributed by atoms with E-state index in [2.05, 4.69) is 12.2 Å². The third-order valence-corrected chi connectivity index (χ3v) is 5.07. The third kappa shape index (κ3) is 13.2. The van der Waals surface area contributed by atoms with Crippen LogP contribution >= 0.6 is 0 Å². The summed E-state index contributed by atoms with van der Waals surface area (Å²) in [5.74, 6) is -0.602. The number of amides is 1. The monoisotopic (exact) mass is 389 g/mol. The normalized spacial score (nSPS) is 15.9. The molecule has 0 spiro atoms. The van der Waals surface area contributed by atoms with Gasteiger partial charge in [-0.15, -0.1) is 0 Å². The van der Waals surface area contributed by atoms with Gasteiger partial charge < -0.3 is 25.7 Å². The first-order valence-electron chi connectivity index (χ1n) is 10.9. The van der Waals surface area contributed by atoms with Gasteiger partial charge in [0, 0.05) is 0 Å². The first-order chi connectivity index (χ1) is 13.0. The van der Waals surface area contributed by atoms with Gasteiger partial charge in [0.15, 0.2) is 0 Å². The topological polar surface area (TPSA) is 110 Å². The van der Waals surface area contributed by atoms with Crippen LogP contribution in [0.25, 0.3) is 0 Å². The summed E-state index contributed by atoms with van der Waals surface area (Å²) in [7, 11) is 0. The molecule has 0 aliphatic carbocycles. The molecule has 0 aromatic rings. The lowest BCUT2D eigenvalue weighted by Crippen LogP contribution is -2.53. The molecule has 4 unspecified atom stereocenters. The van der Waals surface area contributed by atoms with Crippen LogP contribution in [0.1, 0.15) is 97.3 Å². The second-order valence-electron chi connectivity index (χ2n) is 7.63. The second-order valence-corrected chi connectivity index (χ2v) is 7.63. The maximum absolute atomic E-state index is 12.1. The SMILES string of the molecule is CCCCCCCCCCCC(O)C(=O)NC(CO)C(O)C(O)CCCC. The molecule has 0 aliphatic rings. The summed E-state index contributed by atoms with van der Waals surface area (Å²) < 4.78 is 0. The van der Waals surface area contributed by atoms with Crippen molar-refractivity contribution in [3.05, 3.63) is 0 Å². The maximum atomic E-state index is 12.1. The van der Waals surface area contributed by atoms with Crippen molar-refractivity contribution < 1.29 is 25.2 Å². The van der Waals surface area contributed by atoms with Gasteiger partial charge in [0.1, 0.15) is 12.2 Å². The first kappa shape index (κ1) is 26.3. The number of carbonyl (C=O) groups excluding carboxylic acids is 1. The van der Waals surface area contributed by atoms with E-state index in [-0.39, 0.29) is 0 Å². The van der Waals surface area contributed by atoms with Gasteiger partial charge >= 0.3 is 0 Å². The number of rotatable bonds is 18. The molecular weight excluding hydrogens is 346 g/mol. The summed E-state index contributed by atoms with van der Waals surface area (Å²) in [4.78, 5) is 12.1. The quantitative estimate of drug-likeness (QED) is 0.232. The van der Waals surface area contributed by atoms with E-state index in [4.69, 9.17) is 0 Å². The van der Waals surface area contributed by atoms with Crippen LogP contribution in [0.5, 0.6) is 0 Å². The van der Waals surface area contributed by atoms with Crippen molar-refractivity contribution in [1.29, 1.82) is 0 Å². The molecule has 0 fully saturated rings. The molecular formula is C21H43NO5. The van der Waals surface area contributed by atoms with Crippen molar-refractivity contribution in [3.63, 3.8) is 0 Å². The van der Waals surface area contributed by atoms with Crippen LogP contribution in [-0.2, 0) is 4.79 Å². The molecule has 0 bridgehead atoms. The fourth-order valence-corrected chi connectivity index (χ4v) is 3.15. The fraction of sp³-hybridized carbons (Fsp3) is 0.952. The van der Waals surface area contributed by atoms with Gasteiger partial charge in [-0.25, -0.2) is 0 Å².